The molecule has 1 atom stereocenters. The molecule has 1 fully saturated rings. The highest BCUT2D eigenvalue weighted by molar-refractivity contribution is 5.96. The van der Waals surface area contributed by atoms with E-state index in [1.807, 2.05) is 20.8 Å². The van der Waals surface area contributed by atoms with Crippen molar-refractivity contribution in [1.29, 1.82) is 0 Å². The maximum Gasteiger partial charge on any atom is 0.410 e. The molecule has 1 unspecified atom stereocenters. The van der Waals surface area contributed by atoms with Crippen molar-refractivity contribution in [3.05, 3.63) is 18.0 Å². The van der Waals surface area contributed by atoms with E-state index in [2.05, 4.69) is 5.10 Å². The maximum atomic E-state index is 12.2. The molecule has 6 nitrogen and oxygen atoms in total. The van der Waals surface area contributed by atoms with E-state index in [1.165, 1.54) is 0 Å². The van der Waals surface area contributed by atoms with Gasteiger partial charge in [-0.05, 0) is 33.6 Å². The second-order valence-corrected chi connectivity index (χ2v) is 6.50. The first kappa shape index (κ1) is 15.5. The van der Waals surface area contributed by atoms with Gasteiger partial charge in [0.2, 0.25) is 0 Å². The Labute approximate surface area is 125 Å². The van der Waals surface area contributed by atoms with Crippen LogP contribution in [0.3, 0.4) is 0 Å². The molecule has 1 aromatic heterocycles. The van der Waals surface area contributed by atoms with E-state index >= 15 is 0 Å². The van der Waals surface area contributed by atoms with Gasteiger partial charge in [-0.15, -0.1) is 0 Å². The minimum atomic E-state index is -0.516. The lowest BCUT2D eigenvalue weighted by Crippen LogP contribution is -2.40. The Morgan fingerprint density at radius 2 is 2.14 bits per heavy atom. The molecular formula is C15H23N3O3. The van der Waals surface area contributed by atoms with Gasteiger partial charge in [0.05, 0.1) is 11.8 Å². The van der Waals surface area contributed by atoms with Crippen LogP contribution in [0, 0.1) is 0 Å². The van der Waals surface area contributed by atoms with Crippen molar-refractivity contribution >= 4 is 11.9 Å². The first-order valence-corrected chi connectivity index (χ1v) is 7.28. The van der Waals surface area contributed by atoms with E-state index in [1.54, 1.807) is 29.0 Å². The van der Waals surface area contributed by atoms with Crippen molar-refractivity contribution in [1.82, 2.24) is 14.7 Å². The average molecular weight is 293 g/mol. The molecule has 0 spiro atoms. The Hall–Kier alpha value is -1.85. The Bertz CT molecular complexity index is 531. The fourth-order valence-corrected chi connectivity index (χ4v) is 2.51. The van der Waals surface area contributed by atoms with Crippen LogP contribution in [-0.4, -0.2) is 44.7 Å². The predicted octanol–water partition coefficient (Wildman–Crippen LogP) is 2.39. The lowest BCUT2D eigenvalue weighted by molar-refractivity contribution is 0.0223. The molecule has 1 aliphatic heterocycles. The molecule has 0 aliphatic carbocycles. The van der Waals surface area contributed by atoms with Crippen molar-refractivity contribution in [3.8, 4) is 0 Å². The van der Waals surface area contributed by atoms with Crippen molar-refractivity contribution in [3.63, 3.8) is 0 Å². The molecule has 0 aromatic carbocycles. The number of aryl methyl sites for hydroxylation is 1. The highest BCUT2D eigenvalue weighted by Crippen LogP contribution is 2.24. The van der Waals surface area contributed by atoms with Crippen molar-refractivity contribution in [2.24, 2.45) is 7.05 Å². The third-order valence-corrected chi connectivity index (χ3v) is 3.45. The minimum Gasteiger partial charge on any atom is -0.444 e. The fourth-order valence-electron chi connectivity index (χ4n) is 2.51. The molecule has 1 aliphatic rings. The van der Waals surface area contributed by atoms with Gasteiger partial charge in [-0.2, -0.15) is 5.10 Å². The third kappa shape index (κ3) is 4.06. The minimum absolute atomic E-state index is 0.0172. The van der Waals surface area contributed by atoms with Gasteiger partial charge in [0.1, 0.15) is 5.60 Å². The lowest BCUT2D eigenvalue weighted by Gasteiger charge is -2.28. The van der Waals surface area contributed by atoms with Gasteiger partial charge in [0.15, 0.2) is 5.78 Å². The van der Waals surface area contributed by atoms with Gasteiger partial charge in [-0.1, -0.05) is 0 Å². The number of hydrogen-bond acceptors (Lipinski definition) is 4. The molecule has 116 valence electrons. The van der Waals surface area contributed by atoms with Gasteiger partial charge < -0.3 is 9.64 Å². The van der Waals surface area contributed by atoms with Crippen molar-refractivity contribution in [2.45, 2.75) is 51.7 Å². The van der Waals surface area contributed by atoms with Crippen LogP contribution in [-0.2, 0) is 11.8 Å². The Morgan fingerprint density at radius 3 is 2.71 bits per heavy atom. The number of ketones is 1. The molecule has 0 saturated carbocycles. The number of carbonyl (C=O) groups is 2. The average Bonchev–Trinajstić information content (AvgIpc) is 2.95. The van der Waals surface area contributed by atoms with Gasteiger partial charge in [0.25, 0.3) is 0 Å². The molecule has 6 heteroatoms. The normalized spacial score (nSPS) is 18.9. The molecule has 2 heterocycles. The summed E-state index contributed by atoms with van der Waals surface area (Å²) in [4.78, 5) is 26.1. The van der Waals surface area contributed by atoms with E-state index in [9.17, 15) is 9.59 Å². The number of ether oxygens (including phenoxy) is 1. The SMILES string of the molecule is Cn1cc(C(=O)CC2CCCN2C(=O)OC(C)(C)C)cn1. The second kappa shape index (κ2) is 5.87. The Morgan fingerprint density at radius 1 is 1.43 bits per heavy atom. The molecule has 1 saturated heterocycles. The summed E-state index contributed by atoms with van der Waals surface area (Å²) in [5, 5.41) is 4.01. The van der Waals surface area contributed by atoms with Crippen LogP contribution in [0.15, 0.2) is 12.4 Å². The van der Waals surface area contributed by atoms with Crippen LogP contribution in [0.5, 0.6) is 0 Å². The summed E-state index contributed by atoms with van der Waals surface area (Å²) in [6.45, 7) is 6.18. The van der Waals surface area contributed by atoms with Crippen LogP contribution < -0.4 is 0 Å². The number of likely N-dealkylation sites (tertiary alicyclic amines) is 1. The molecule has 1 aromatic rings. The van der Waals surface area contributed by atoms with Gasteiger partial charge in [-0.25, -0.2) is 4.79 Å². The topological polar surface area (TPSA) is 64.4 Å². The number of carbonyl (C=O) groups excluding carboxylic acids is 2. The summed E-state index contributed by atoms with van der Waals surface area (Å²) in [6, 6.07) is -0.0763. The van der Waals surface area contributed by atoms with E-state index in [-0.39, 0.29) is 17.9 Å². The summed E-state index contributed by atoms with van der Waals surface area (Å²) < 4.78 is 7.01. The third-order valence-electron chi connectivity index (χ3n) is 3.45. The van der Waals surface area contributed by atoms with Crippen LogP contribution in [0.2, 0.25) is 0 Å². The standard InChI is InChI=1S/C15H23N3O3/c1-15(2,3)21-14(20)18-7-5-6-12(18)8-13(19)11-9-16-17(4)10-11/h9-10,12H,5-8H2,1-4H3. The summed E-state index contributed by atoms with van der Waals surface area (Å²) in [7, 11) is 1.78. The predicted molar refractivity (Wildman–Crippen MR) is 78.1 cm³/mol. The second-order valence-electron chi connectivity index (χ2n) is 6.50. The molecule has 0 N–H and O–H groups in total. The summed E-state index contributed by atoms with van der Waals surface area (Å²) in [5.74, 6) is 0.0172. The van der Waals surface area contributed by atoms with Crippen LogP contribution in [0.4, 0.5) is 4.79 Å². The van der Waals surface area contributed by atoms with Gasteiger partial charge in [-0.3, -0.25) is 9.48 Å². The Balaban J connectivity index is 1.99. The number of amides is 1. The fraction of sp³-hybridized carbons (Fsp3) is 0.667. The zero-order valence-electron chi connectivity index (χ0n) is 13.1. The zero-order chi connectivity index (χ0) is 15.6. The van der Waals surface area contributed by atoms with Crippen LogP contribution in [0.1, 0.15) is 50.4 Å². The quantitative estimate of drug-likeness (QED) is 0.803. The highest BCUT2D eigenvalue weighted by atomic mass is 16.6. The molecule has 0 radical (unpaired) electrons. The molecular weight excluding hydrogens is 270 g/mol. The van der Waals surface area contributed by atoms with Crippen molar-refractivity contribution in [2.75, 3.05) is 6.54 Å². The molecule has 21 heavy (non-hydrogen) atoms. The van der Waals surface area contributed by atoms with Gasteiger partial charge in [0, 0.05) is 32.3 Å². The number of hydrogen-bond donors (Lipinski definition) is 0. The van der Waals surface area contributed by atoms with E-state index in [0.29, 0.717) is 18.5 Å². The molecule has 2 rings (SSSR count). The van der Waals surface area contributed by atoms with E-state index < -0.39 is 5.60 Å². The first-order valence-electron chi connectivity index (χ1n) is 7.28. The highest BCUT2D eigenvalue weighted by Gasteiger charge is 2.33. The Kier molecular flexibility index (Phi) is 4.34. The van der Waals surface area contributed by atoms with E-state index in [4.69, 9.17) is 4.74 Å². The summed E-state index contributed by atoms with van der Waals surface area (Å²) >= 11 is 0. The molecule has 0 bridgehead atoms. The smallest absolute Gasteiger partial charge is 0.410 e. The van der Waals surface area contributed by atoms with E-state index in [0.717, 1.165) is 12.8 Å². The largest absolute Gasteiger partial charge is 0.444 e. The van der Waals surface area contributed by atoms with Crippen LogP contribution >= 0.6 is 0 Å². The summed E-state index contributed by atoms with van der Waals surface area (Å²) in [6.07, 6.45) is 5.01. The lowest BCUT2D eigenvalue weighted by atomic mass is 10.0. The number of nitrogens with zero attached hydrogens (tertiary/aromatic N) is 3. The maximum absolute atomic E-state index is 12.2. The first-order chi connectivity index (χ1) is 9.76. The van der Waals surface area contributed by atoms with Crippen molar-refractivity contribution < 1.29 is 14.3 Å². The van der Waals surface area contributed by atoms with Crippen LogP contribution in [0.25, 0.3) is 0 Å². The van der Waals surface area contributed by atoms with Gasteiger partial charge >= 0.3 is 6.09 Å². The zero-order valence-corrected chi connectivity index (χ0v) is 13.1. The number of Topliss-reactive ketones (excluding diaryl/α,β-unsaturated/α-hetero) is 1. The molecule has 1 amide bonds. The number of aromatic nitrogens is 2. The monoisotopic (exact) mass is 293 g/mol. The summed E-state index contributed by atoms with van der Waals surface area (Å²) in [5.41, 5.74) is 0.0750. The number of rotatable bonds is 3.